The van der Waals surface area contributed by atoms with Gasteiger partial charge in [0.2, 0.25) is 0 Å². The molecule has 1 saturated heterocycles. The van der Waals surface area contributed by atoms with Gasteiger partial charge in [-0.2, -0.15) is 11.3 Å². The Kier molecular flexibility index (Phi) is 5.01. The lowest BCUT2D eigenvalue weighted by Crippen LogP contribution is -2.32. The van der Waals surface area contributed by atoms with Crippen LogP contribution in [-0.4, -0.2) is 30.6 Å². The highest BCUT2D eigenvalue weighted by Gasteiger charge is 2.18. The largest absolute Gasteiger partial charge is 0.307 e. The van der Waals surface area contributed by atoms with Gasteiger partial charge in [0.25, 0.3) is 0 Å². The third kappa shape index (κ3) is 3.80. The van der Waals surface area contributed by atoms with Crippen LogP contribution >= 0.6 is 11.3 Å². The summed E-state index contributed by atoms with van der Waals surface area (Å²) in [6, 6.07) is 3.43. The predicted molar refractivity (Wildman–Crippen MR) is 75.6 cm³/mol. The molecule has 0 amide bonds. The molecular weight excluding hydrogens is 228 g/mol. The van der Waals surface area contributed by atoms with Crippen molar-refractivity contribution in [2.75, 3.05) is 19.6 Å². The van der Waals surface area contributed by atoms with Crippen molar-refractivity contribution in [3.05, 3.63) is 22.4 Å². The fourth-order valence-corrected chi connectivity index (χ4v) is 3.36. The number of nitrogens with one attached hydrogen (secondary N) is 1. The molecule has 17 heavy (non-hydrogen) atoms. The van der Waals surface area contributed by atoms with E-state index in [4.69, 9.17) is 0 Å². The summed E-state index contributed by atoms with van der Waals surface area (Å²) >= 11 is 1.79. The zero-order valence-electron chi connectivity index (χ0n) is 11.0. The first-order valence-electron chi connectivity index (χ1n) is 6.80. The zero-order valence-corrected chi connectivity index (χ0v) is 11.8. The second kappa shape index (κ2) is 6.53. The lowest BCUT2D eigenvalue weighted by Gasteiger charge is -2.22. The molecule has 2 rings (SSSR count). The Labute approximate surface area is 109 Å². The van der Waals surface area contributed by atoms with Crippen LogP contribution in [0.5, 0.6) is 0 Å². The number of rotatable bonds is 4. The van der Waals surface area contributed by atoms with Crippen molar-refractivity contribution in [2.24, 2.45) is 0 Å². The van der Waals surface area contributed by atoms with Gasteiger partial charge in [0, 0.05) is 12.1 Å². The summed E-state index contributed by atoms with van der Waals surface area (Å²) in [6.07, 6.45) is 3.95. The lowest BCUT2D eigenvalue weighted by atomic mass is 10.1. The molecule has 2 unspecified atom stereocenters. The normalized spacial score (nSPS) is 24.5. The van der Waals surface area contributed by atoms with Crippen molar-refractivity contribution in [2.45, 2.75) is 45.2 Å². The Morgan fingerprint density at radius 1 is 1.47 bits per heavy atom. The maximum atomic E-state index is 3.79. The van der Waals surface area contributed by atoms with Crippen LogP contribution in [0.25, 0.3) is 0 Å². The molecule has 2 nitrogen and oxygen atoms in total. The van der Waals surface area contributed by atoms with Gasteiger partial charge in [0.05, 0.1) is 0 Å². The van der Waals surface area contributed by atoms with Gasteiger partial charge in [0.15, 0.2) is 0 Å². The van der Waals surface area contributed by atoms with Gasteiger partial charge >= 0.3 is 0 Å². The first-order valence-corrected chi connectivity index (χ1v) is 7.74. The van der Waals surface area contributed by atoms with Crippen molar-refractivity contribution in [3.63, 3.8) is 0 Å². The molecule has 0 radical (unpaired) electrons. The topological polar surface area (TPSA) is 15.3 Å². The van der Waals surface area contributed by atoms with Gasteiger partial charge in [0.1, 0.15) is 0 Å². The number of nitrogens with zero attached hydrogens (tertiary/aromatic N) is 1. The van der Waals surface area contributed by atoms with Gasteiger partial charge < -0.3 is 10.2 Å². The average Bonchev–Trinajstić information content (AvgIpc) is 2.78. The molecule has 96 valence electrons. The monoisotopic (exact) mass is 252 g/mol. The van der Waals surface area contributed by atoms with Gasteiger partial charge in [-0.3, -0.25) is 0 Å². The molecule has 0 aromatic carbocycles. The standard InChI is InChI=1S/C14H24N2S/c1-3-16-8-4-5-14(6-9-16)15-12(2)13-7-10-17-11-13/h7,10-12,14-15H,3-6,8-9H2,1-2H3. The van der Waals surface area contributed by atoms with Crippen LogP contribution in [0, 0.1) is 0 Å². The molecule has 0 aliphatic carbocycles. The van der Waals surface area contributed by atoms with Crippen LogP contribution in [0.2, 0.25) is 0 Å². The Hall–Kier alpha value is -0.380. The third-order valence-corrected chi connectivity index (χ3v) is 4.50. The van der Waals surface area contributed by atoms with Crippen LogP contribution in [0.15, 0.2) is 16.8 Å². The van der Waals surface area contributed by atoms with Crippen molar-refractivity contribution in [1.82, 2.24) is 10.2 Å². The molecular formula is C14H24N2S. The smallest absolute Gasteiger partial charge is 0.0302 e. The number of thiophene rings is 1. The highest BCUT2D eigenvalue weighted by atomic mass is 32.1. The fraction of sp³-hybridized carbons (Fsp3) is 0.714. The summed E-state index contributed by atoms with van der Waals surface area (Å²) in [6.45, 7) is 8.28. The third-order valence-electron chi connectivity index (χ3n) is 3.80. The van der Waals surface area contributed by atoms with Crippen LogP contribution < -0.4 is 5.32 Å². The van der Waals surface area contributed by atoms with Crippen molar-refractivity contribution in [3.8, 4) is 0 Å². The SMILES string of the molecule is CCN1CCCC(NC(C)c2ccsc2)CC1. The van der Waals surface area contributed by atoms with E-state index in [9.17, 15) is 0 Å². The first-order chi connectivity index (χ1) is 8.29. The second-order valence-electron chi connectivity index (χ2n) is 5.01. The van der Waals surface area contributed by atoms with E-state index >= 15 is 0 Å². The summed E-state index contributed by atoms with van der Waals surface area (Å²) in [5.74, 6) is 0. The molecule has 1 N–H and O–H groups in total. The molecule has 0 spiro atoms. The van der Waals surface area contributed by atoms with Gasteiger partial charge in [-0.05, 0) is 68.2 Å². The average molecular weight is 252 g/mol. The molecule has 1 aromatic heterocycles. The molecule has 1 aromatic rings. The Morgan fingerprint density at radius 2 is 2.35 bits per heavy atom. The van der Waals surface area contributed by atoms with Crippen molar-refractivity contribution >= 4 is 11.3 Å². The first kappa shape index (κ1) is 13.1. The summed E-state index contributed by atoms with van der Waals surface area (Å²) in [7, 11) is 0. The minimum atomic E-state index is 0.499. The number of hydrogen-bond acceptors (Lipinski definition) is 3. The molecule has 0 bridgehead atoms. The van der Waals surface area contributed by atoms with Gasteiger partial charge in [-0.25, -0.2) is 0 Å². The van der Waals surface area contributed by atoms with Crippen molar-refractivity contribution < 1.29 is 0 Å². The van der Waals surface area contributed by atoms with E-state index in [1.807, 2.05) is 0 Å². The van der Waals surface area contributed by atoms with E-state index in [-0.39, 0.29) is 0 Å². The van der Waals surface area contributed by atoms with Crippen LogP contribution in [-0.2, 0) is 0 Å². The Balaban J connectivity index is 1.82. The minimum absolute atomic E-state index is 0.499. The molecule has 3 heteroatoms. The summed E-state index contributed by atoms with van der Waals surface area (Å²) in [4.78, 5) is 2.57. The van der Waals surface area contributed by atoms with Gasteiger partial charge in [-0.1, -0.05) is 6.92 Å². The second-order valence-corrected chi connectivity index (χ2v) is 5.79. The summed E-state index contributed by atoms with van der Waals surface area (Å²) < 4.78 is 0. The molecule has 2 heterocycles. The van der Waals surface area contributed by atoms with E-state index < -0.39 is 0 Å². The molecule has 1 aliphatic rings. The van der Waals surface area contributed by atoms with Gasteiger partial charge in [-0.15, -0.1) is 0 Å². The zero-order chi connectivity index (χ0) is 12.1. The maximum Gasteiger partial charge on any atom is 0.0302 e. The van der Waals surface area contributed by atoms with E-state index in [2.05, 4.69) is 40.9 Å². The maximum absolute atomic E-state index is 3.79. The Bertz CT molecular complexity index is 310. The number of likely N-dealkylation sites (tertiary alicyclic amines) is 1. The van der Waals surface area contributed by atoms with E-state index in [1.54, 1.807) is 11.3 Å². The highest BCUT2D eigenvalue weighted by molar-refractivity contribution is 7.07. The lowest BCUT2D eigenvalue weighted by molar-refractivity contribution is 0.295. The Morgan fingerprint density at radius 3 is 3.06 bits per heavy atom. The minimum Gasteiger partial charge on any atom is -0.307 e. The van der Waals surface area contributed by atoms with E-state index in [0.717, 1.165) is 0 Å². The fourth-order valence-electron chi connectivity index (χ4n) is 2.61. The van der Waals surface area contributed by atoms with Crippen LogP contribution in [0.1, 0.15) is 44.7 Å². The molecule has 1 aliphatic heterocycles. The summed E-state index contributed by atoms with van der Waals surface area (Å²) in [5, 5.41) is 8.21. The molecule has 0 saturated carbocycles. The quantitative estimate of drug-likeness (QED) is 0.885. The van der Waals surface area contributed by atoms with E-state index in [1.165, 1.54) is 44.5 Å². The highest BCUT2D eigenvalue weighted by Crippen LogP contribution is 2.19. The van der Waals surface area contributed by atoms with Crippen LogP contribution in [0.4, 0.5) is 0 Å². The van der Waals surface area contributed by atoms with Crippen LogP contribution in [0.3, 0.4) is 0 Å². The summed E-state index contributed by atoms with van der Waals surface area (Å²) in [5.41, 5.74) is 1.44. The van der Waals surface area contributed by atoms with E-state index in [0.29, 0.717) is 12.1 Å². The predicted octanol–water partition coefficient (Wildman–Crippen LogP) is 3.27. The van der Waals surface area contributed by atoms with Crippen molar-refractivity contribution in [1.29, 1.82) is 0 Å². The molecule has 2 atom stereocenters. The number of hydrogen-bond donors (Lipinski definition) is 1. The molecule has 1 fully saturated rings.